The molecule has 4 saturated carbocycles. The summed E-state index contributed by atoms with van der Waals surface area (Å²) in [6, 6.07) is 15.3. The van der Waals surface area contributed by atoms with Gasteiger partial charge in [-0.25, -0.2) is 0 Å². The molecule has 0 unspecified atom stereocenters. The molecule has 4 nitrogen and oxygen atoms in total. The van der Waals surface area contributed by atoms with Crippen LogP contribution in [0.1, 0.15) is 60.0 Å². The summed E-state index contributed by atoms with van der Waals surface area (Å²) >= 11 is 0. The predicted octanol–water partition coefficient (Wildman–Crippen LogP) is 4.96. The van der Waals surface area contributed by atoms with Gasteiger partial charge in [0.15, 0.2) is 5.78 Å². The number of primary amides is 1. The Morgan fingerprint density at radius 3 is 2.23 bits per heavy atom. The van der Waals surface area contributed by atoms with Gasteiger partial charge < -0.3 is 10.5 Å². The van der Waals surface area contributed by atoms with Gasteiger partial charge in [-0.3, -0.25) is 9.59 Å². The smallest absolute Gasteiger partial charge is 0.248 e. The van der Waals surface area contributed by atoms with Gasteiger partial charge in [0.2, 0.25) is 5.91 Å². The van der Waals surface area contributed by atoms with Crippen LogP contribution in [0.2, 0.25) is 0 Å². The van der Waals surface area contributed by atoms with E-state index in [-0.39, 0.29) is 12.2 Å². The van der Waals surface area contributed by atoms with E-state index in [0.717, 1.165) is 29.1 Å². The molecule has 0 atom stereocenters. The van der Waals surface area contributed by atoms with Crippen molar-refractivity contribution < 1.29 is 14.3 Å². The quantitative estimate of drug-likeness (QED) is 0.513. The van der Waals surface area contributed by atoms with Crippen LogP contribution < -0.4 is 10.5 Å². The highest BCUT2D eigenvalue weighted by molar-refractivity contribution is 5.94. The van der Waals surface area contributed by atoms with Crippen LogP contribution in [0.3, 0.4) is 0 Å². The zero-order valence-corrected chi connectivity index (χ0v) is 17.8. The molecular formula is C27H29NO3. The summed E-state index contributed by atoms with van der Waals surface area (Å²) in [5.41, 5.74) is 8.31. The maximum Gasteiger partial charge on any atom is 0.248 e. The molecule has 2 aromatic rings. The molecular weight excluding hydrogens is 386 g/mol. The number of ether oxygens (including phenoxy) is 1. The summed E-state index contributed by atoms with van der Waals surface area (Å²) in [6.45, 7) is 0. The van der Waals surface area contributed by atoms with Crippen LogP contribution in [0.25, 0.3) is 0 Å². The monoisotopic (exact) mass is 415 g/mol. The Morgan fingerprint density at radius 1 is 0.968 bits per heavy atom. The van der Waals surface area contributed by atoms with Crippen molar-refractivity contribution >= 4 is 11.7 Å². The highest BCUT2D eigenvalue weighted by Gasteiger charge is 2.51. The van der Waals surface area contributed by atoms with Crippen LogP contribution in [-0.4, -0.2) is 11.7 Å². The number of hydrogen-bond acceptors (Lipinski definition) is 3. The first-order valence-electron chi connectivity index (χ1n) is 11.3. The summed E-state index contributed by atoms with van der Waals surface area (Å²) < 4.78 is 5.67. The van der Waals surface area contributed by atoms with Gasteiger partial charge in [0.1, 0.15) is 5.75 Å². The lowest BCUT2D eigenvalue weighted by molar-refractivity contribution is -0.114. The van der Waals surface area contributed by atoms with Crippen molar-refractivity contribution in [1.29, 1.82) is 0 Å². The Balaban J connectivity index is 1.19. The minimum atomic E-state index is -0.495. The van der Waals surface area contributed by atoms with Crippen molar-refractivity contribution in [3.8, 4) is 5.75 Å². The molecule has 0 radical (unpaired) electrons. The number of ketones is 1. The van der Waals surface area contributed by atoms with E-state index in [0.29, 0.717) is 11.0 Å². The van der Waals surface area contributed by atoms with E-state index in [2.05, 4.69) is 12.1 Å². The Morgan fingerprint density at radius 2 is 1.61 bits per heavy atom. The van der Waals surface area contributed by atoms with Gasteiger partial charge in [-0.2, -0.15) is 0 Å². The first kappa shape index (κ1) is 20.0. The molecule has 4 bridgehead atoms. The van der Waals surface area contributed by atoms with E-state index in [1.54, 1.807) is 18.2 Å². The molecule has 160 valence electrons. The van der Waals surface area contributed by atoms with E-state index in [4.69, 9.17) is 10.5 Å². The summed E-state index contributed by atoms with van der Waals surface area (Å²) in [5, 5.41) is 0. The Labute approximate surface area is 183 Å². The summed E-state index contributed by atoms with van der Waals surface area (Å²) in [4.78, 5) is 23.5. The lowest BCUT2D eigenvalue weighted by atomic mass is 9.48. The van der Waals surface area contributed by atoms with Crippen LogP contribution in [0, 0.1) is 17.8 Å². The Hall–Kier alpha value is -2.88. The van der Waals surface area contributed by atoms with Crippen LogP contribution in [0.5, 0.6) is 5.75 Å². The molecule has 4 fully saturated rings. The summed E-state index contributed by atoms with van der Waals surface area (Å²) in [6.07, 6.45) is 11.5. The average Bonchev–Trinajstić information content (AvgIpc) is 2.73. The highest BCUT2D eigenvalue weighted by atomic mass is 16.5. The number of allylic oxidation sites excluding steroid dienone is 1. The van der Waals surface area contributed by atoms with Gasteiger partial charge in [0.25, 0.3) is 0 Å². The molecule has 1 amide bonds. The summed E-state index contributed by atoms with van der Waals surface area (Å²) in [7, 11) is 0. The van der Waals surface area contributed by atoms with E-state index in [1.807, 2.05) is 18.2 Å². The molecule has 2 N–H and O–H groups in total. The largest absolute Gasteiger partial charge is 0.465 e. The minimum Gasteiger partial charge on any atom is -0.465 e. The normalized spacial score (nSPS) is 28.7. The van der Waals surface area contributed by atoms with Gasteiger partial charge in [-0.15, -0.1) is 0 Å². The topological polar surface area (TPSA) is 69.4 Å². The molecule has 0 aromatic heterocycles. The van der Waals surface area contributed by atoms with Gasteiger partial charge in [-0.05, 0) is 97.1 Å². The number of benzene rings is 2. The van der Waals surface area contributed by atoms with E-state index < -0.39 is 5.91 Å². The molecule has 6 rings (SSSR count). The van der Waals surface area contributed by atoms with Crippen molar-refractivity contribution in [3.63, 3.8) is 0 Å². The standard InChI is InChI=1S/C27H29NO3/c28-26(30)22-3-1-2-18(13-22)14-24(29)8-9-31-25-6-4-23(5-7-25)27-15-19-10-20(16-27)12-21(11-19)17-27/h1-9,13,19-21H,10-12,14-17H2,(H2,28,30)/b9-8+. The zero-order chi connectivity index (χ0) is 21.4. The number of amides is 1. The third-order valence-corrected chi connectivity index (χ3v) is 7.55. The highest BCUT2D eigenvalue weighted by Crippen LogP contribution is 2.60. The molecule has 0 aliphatic heterocycles. The van der Waals surface area contributed by atoms with Crippen molar-refractivity contribution in [2.75, 3.05) is 0 Å². The lowest BCUT2D eigenvalue weighted by Gasteiger charge is -2.57. The van der Waals surface area contributed by atoms with Gasteiger partial charge >= 0.3 is 0 Å². The first-order chi connectivity index (χ1) is 15.0. The Bertz CT molecular complexity index is 986. The molecule has 0 spiro atoms. The maximum atomic E-state index is 12.2. The second-order valence-electron chi connectivity index (χ2n) is 9.85. The molecule has 4 aliphatic carbocycles. The molecule has 0 heterocycles. The van der Waals surface area contributed by atoms with Gasteiger partial charge in [0.05, 0.1) is 6.26 Å². The van der Waals surface area contributed by atoms with E-state index >= 15 is 0 Å². The van der Waals surface area contributed by atoms with Crippen LogP contribution in [0.15, 0.2) is 60.9 Å². The third kappa shape index (κ3) is 4.16. The average molecular weight is 416 g/mol. The van der Waals surface area contributed by atoms with Crippen molar-refractivity contribution in [1.82, 2.24) is 0 Å². The maximum absolute atomic E-state index is 12.2. The predicted molar refractivity (Wildman–Crippen MR) is 120 cm³/mol. The number of carbonyl (C=O) groups excluding carboxylic acids is 2. The summed E-state index contributed by atoms with van der Waals surface area (Å²) in [5.74, 6) is 2.95. The number of nitrogens with two attached hydrogens (primary N) is 1. The number of hydrogen-bond donors (Lipinski definition) is 1. The molecule has 0 saturated heterocycles. The molecule has 31 heavy (non-hydrogen) atoms. The molecule has 4 aliphatic rings. The molecule has 4 heteroatoms. The van der Waals surface area contributed by atoms with Crippen LogP contribution in [-0.2, 0) is 16.6 Å². The SMILES string of the molecule is NC(=O)c1cccc(CC(=O)/C=C/Oc2ccc(C34CC5CC(CC(C5)C3)C4)cc2)c1. The van der Waals surface area contributed by atoms with Gasteiger partial charge in [0, 0.05) is 18.1 Å². The third-order valence-electron chi connectivity index (χ3n) is 7.55. The van der Waals surface area contributed by atoms with Gasteiger partial charge in [-0.1, -0.05) is 24.3 Å². The second kappa shape index (κ2) is 7.99. The van der Waals surface area contributed by atoms with Crippen LogP contribution in [0.4, 0.5) is 0 Å². The molecule has 2 aromatic carbocycles. The number of rotatable bonds is 7. The fourth-order valence-corrected chi connectivity index (χ4v) is 6.63. The fourth-order valence-electron chi connectivity index (χ4n) is 6.63. The zero-order valence-electron chi connectivity index (χ0n) is 17.8. The fraction of sp³-hybridized carbons (Fsp3) is 0.407. The van der Waals surface area contributed by atoms with Crippen molar-refractivity contribution in [3.05, 3.63) is 77.6 Å². The van der Waals surface area contributed by atoms with E-state index in [9.17, 15) is 9.59 Å². The Kier molecular flexibility index (Phi) is 5.17. The van der Waals surface area contributed by atoms with Crippen LogP contribution >= 0.6 is 0 Å². The van der Waals surface area contributed by atoms with E-state index in [1.165, 1.54) is 56.4 Å². The minimum absolute atomic E-state index is 0.0909. The van der Waals surface area contributed by atoms with Crippen molar-refractivity contribution in [2.45, 2.75) is 50.4 Å². The number of carbonyl (C=O) groups is 2. The lowest BCUT2D eigenvalue weighted by Crippen LogP contribution is -2.48. The van der Waals surface area contributed by atoms with Crippen molar-refractivity contribution in [2.24, 2.45) is 23.5 Å². The second-order valence-corrected chi connectivity index (χ2v) is 9.85. The first-order valence-corrected chi connectivity index (χ1v) is 11.3.